The first-order valence-corrected chi connectivity index (χ1v) is 10.6. The topological polar surface area (TPSA) is 118 Å². The molecule has 7 nitrogen and oxygen atoms in total. The monoisotopic (exact) mass is 379 g/mol. The van der Waals surface area contributed by atoms with Crippen LogP contribution in [0.15, 0.2) is 28.0 Å². The van der Waals surface area contributed by atoms with E-state index >= 15 is 0 Å². The number of nitrogens with one attached hydrogen (secondary N) is 1. The lowest BCUT2D eigenvalue weighted by atomic mass is 9.87. The van der Waals surface area contributed by atoms with Gasteiger partial charge in [-0.3, -0.25) is 4.79 Å². The summed E-state index contributed by atoms with van der Waals surface area (Å²) < 4.78 is 63.6. The van der Waals surface area contributed by atoms with Crippen LogP contribution >= 0.6 is 0 Å². The summed E-state index contributed by atoms with van der Waals surface area (Å²) >= 11 is 0. The molecule has 2 N–H and O–H groups in total. The zero-order valence-electron chi connectivity index (χ0n) is 12.9. The highest BCUT2D eigenvalue weighted by Gasteiger charge is 2.29. The van der Waals surface area contributed by atoms with Gasteiger partial charge in [0.2, 0.25) is 10.0 Å². The molecule has 0 amide bonds. The standard InChI is InChI=1S/C14H18FNO6S2/c1-23(19,20)13-7-6-11(8-12(13)15)24(21,22)16-10-4-2-9(3-5-10)14(17)18/h6-10,16H,2-5H2,1H3,(H,17,18). The van der Waals surface area contributed by atoms with E-state index in [0.29, 0.717) is 31.7 Å². The van der Waals surface area contributed by atoms with E-state index in [1.165, 1.54) is 0 Å². The number of aliphatic carboxylic acids is 1. The molecule has 0 atom stereocenters. The molecule has 0 heterocycles. The van der Waals surface area contributed by atoms with E-state index in [-0.39, 0.29) is 4.90 Å². The molecule has 1 fully saturated rings. The van der Waals surface area contributed by atoms with Gasteiger partial charge in [-0.2, -0.15) is 0 Å². The van der Waals surface area contributed by atoms with Crippen molar-refractivity contribution in [2.75, 3.05) is 6.26 Å². The number of rotatable bonds is 5. The number of hydrogen-bond acceptors (Lipinski definition) is 5. The third kappa shape index (κ3) is 4.31. The number of halogens is 1. The largest absolute Gasteiger partial charge is 0.481 e. The Bertz CT molecular complexity index is 842. The predicted octanol–water partition coefficient (Wildman–Crippen LogP) is 1.15. The van der Waals surface area contributed by atoms with E-state index in [1.54, 1.807) is 0 Å². The molecular formula is C14H18FNO6S2. The molecule has 24 heavy (non-hydrogen) atoms. The first kappa shape index (κ1) is 18.8. The van der Waals surface area contributed by atoms with Gasteiger partial charge < -0.3 is 5.11 Å². The van der Waals surface area contributed by atoms with Gasteiger partial charge in [0.05, 0.1) is 10.8 Å². The molecule has 1 aliphatic rings. The van der Waals surface area contributed by atoms with Gasteiger partial charge in [0.1, 0.15) is 10.7 Å². The van der Waals surface area contributed by atoms with Crippen molar-refractivity contribution in [2.45, 2.75) is 41.5 Å². The minimum Gasteiger partial charge on any atom is -0.481 e. The normalized spacial score (nSPS) is 22.2. The van der Waals surface area contributed by atoms with E-state index in [2.05, 4.69) is 4.72 Å². The zero-order valence-corrected chi connectivity index (χ0v) is 14.5. The first-order chi connectivity index (χ1) is 11.0. The average molecular weight is 379 g/mol. The lowest BCUT2D eigenvalue weighted by molar-refractivity contribution is -0.142. The second-order valence-electron chi connectivity index (χ2n) is 5.87. The summed E-state index contributed by atoms with van der Waals surface area (Å²) in [4.78, 5) is 9.95. The fourth-order valence-electron chi connectivity index (χ4n) is 2.70. The molecule has 0 saturated heterocycles. The van der Waals surface area contributed by atoms with Gasteiger partial charge in [0.15, 0.2) is 9.84 Å². The van der Waals surface area contributed by atoms with Crippen LogP contribution in [-0.2, 0) is 24.7 Å². The van der Waals surface area contributed by atoms with Gasteiger partial charge >= 0.3 is 5.97 Å². The van der Waals surface area contributed by atoms with Crippen LogP contribution in [0.5, 0.6) is 0 Å². The summed E-state index contributed by atoms with van der Waals surface area (Å²) in [7, 11) is -7.80. The Labute approximate surface area is 139 Å². The molecule has 1 saturated carbocycles. The fraction of sp³-hybridized carbons (Fsp3) is 0.500. The molecular weight excluding hydrogens is 361 g/mol. The maximum atomic E-state index is 13.9. The summed E-state index contributed by atoms with van der Waals surface area (Å²) in [6.45, 7) is 0. The van der Waals surface area contributed by atoms with Crippen LogP contribution in [0.2, 0.25) is 0 Å². The van der Waals surface area contributed by atoms with Crippen LogP contribution in [0.1, 0.15) is 25.7 Å². The minimum absolute atomic E-state index is 0.365. The van der Waals surface area contributed by atoms with Crippen molar-refractivity contribution in [2.24, 2.45) is 5.92 Å². The van der Waals surface area contributed by atoms with Gasteiger partial charge in [-0.25, -0.2) is 25.9 Å². The molecule has 0 radical (unpaired) electrons. The Balaban J connectivity index is 2.14. The SMILES string of the molecule is CS(=O)(=O)c1ccc(S(=O)(=O)NC2CCC(C(=O)O)CC2)cc1F. The molecule has 1 aromatic rings. The van der Waals surface area contributed by atoms with Crippen molar-refractivity contribution < 1.29 is 31.1 Å². The summed E-state index contributed by atoms with van der Waals surface area (Å²) in [5.74, 6) is -2.50. The van der Waals surface area contributed by atoms with Gasteiger partial charge in [0, 0.05) is 12.3 Å². The Morgan fingerprint density at radius 2 is 1.75 bits per heavy atom. The molecule has 1 aliphatic carbocycles. The number of carboxylic acid groups (broad SMARTS) is 1. The molecule has 0 aliphatic heterocycles. The van der Waals surface area contributed by atoms with Crippen molar-refractivity contribution in [1.29, 1.82) is 0 Å². The quantitative estimate of drug-likeness (QED) is 0.792. The van der Waals surface area contributed by atoms with Gasteiger partial charge in [0.25, 0.3) is 0 Å². The van der Waals surface area contributed by atoms with Crippen LogP contribution in [0, 0.1) is 11.7 Å². The lowest BCUT2D eigenvalue weighted by Gasteiger charge is -2.26. The third-order valence-corrected chi connectivity index (χ3v) is 6.66. The molecule has 0 spiro atoms. The summed E-state index contributed by atoms with van der Waals surface area (Å²) in [5.41, 5.74) is 0. The fourth-order valence-corrected chi connectivity index (χ4v) is 4.74. The third-order valence-electron chi connectivity index (χ3n) is 4.01. The van der Waals surface area contributed by atoms with Crippen molar-refractivity contribution in [3.8, 4) is 0 Å². The summed E-state index contributed by atoms with van der Waals surface area (Å²) in [6.07, 6.45) is 2.31. The van der Waals surface area contributed by atoms with E-state index in [0.717, 1.165) is 18.4 Å². The van der Waals surface area contributed by atoms with Crippen LogP contribution in [0.4, 0.5) is 4.39 Å². The van der Waals surface area contributed by atoms with Gasteiger partial charge in [-0.1, -0.05) is 0 Å². The second-order valence-corrected chi connectivity index (χ2v) is 9.57. The number of sulfonamides is 1. The summed E-state index contributed by atoms with van der Waals surface area (Å²) in [6, 6.07) is 2.19. The van der Waals surface area contributed by atoms with E-state index in [9.17, 15) is 26.0 Å². The highest BCUT2D eigenvalue weighted by molar-refractivity contribution is 7.90. The smallest absolute Gasteiger partial charge is 0.306 e. The number of sulfone groups is 1. The minimum atomic E-state index is -4.01. The maximum Gasteiger partial charge on any atom is 0.306 e. The highest BCUT2D eigenvalue weighted by Crippen LogP contribution is 2.26. The Hall–Kier alpha value is -1.52. The van der Waals surface area contributed by atoms with Crippen molar-refractivity contribution in [1.82, 2.24) is 4.72 Å². The number of carboxylic acids is 1. The number of benzene rings is 1. The van der Waals surface area contributed by atoms with E-state index < -0.39 is 48.5 Å². The van der Waals surface area contributed by atoms with Crippen LogP contribution in [-0.4, -0.2) is 40.2 Å². The second kappa shape index (κ2) is 6.77. The molecule has 0 aromatic heterocycles. The number of hydrogen-bond donors (Lipinski definition) is 2. The molecule has 0 unspecified atom stereocenters. The molecule has 0 bridgehead atoms. The van der Waals surface area contributed by atoms with Crippen molar-refractivity contribution in [3.63, 3.8) is 0 Å². The Morgan fingerprint density at radius 3 is 2.21 bits per heavy atom. The molecule has 134 valence electrons. The summed E-state index contributed by atoms with van der Waals surface area (Å²) in [5, 5.41) is 8.93. The maximum absolute atomic E-state index is 13.9. The van der Waals surface area contributed by atoms with Gasteiger partial charge in [-0.15, -0.1) is 0 Å². The lowest BCUT2D eigenvalue weighted by Crippen LogP contribution is -2.38. The van der Waals surface area contributed by atoms with Crippen molar-refractivity contribution >= 4 is 25.8 Å². The molecule has 1 aromatic carbocycles. The zero-order chi connectivity index (χ0) is 18.1. The molecule has 10 heteroatoms. The van der Waals surface area contributed by atoms with Gasteiger partial charge in [-0.05, 0) is 43.9 Å². The Morgan fingerprint density at radius 1 is 1.17 bits per heavy atom. The predicted molar refractivity (Wildman–Crippen MR) is 83.2 cm³/mol. The molecule has 2 rings (SSSR count). The van der Waals surface area contributed by atoms with E-state index in [1.807, 2.05) is 0 Å². The van der Waals surface area contributed by atoms with E-state index in [4.69, 9.17) is 5.11 Å². The van der Waals surface area contributed by atoms with Crippen LogP contribution < -0.4 is 4.72 Å². The van der Waals surface area contributed by atoms with Crippen LogP contribution in [0.3, 0.4) is 0 Å². The highest BCUT2D eigenvalue weighted by atomic mass is 32.2. The number of carbonyl (C=O) groups is 1. The first-order valence-electron chi connectivity index (χ1n) is 7.25. The van der Waals surface area contributed by atoms with Crippen molar-refractivity contribution in [3.05, 3.63) is 24.0 Å². The van der Waals surface area contributed by atoms with Crippen LogP contribution in [0.25, 0.3) is 0 Å². The average Bonchev–Trinajstić information content (AvgIpc) is 2.46. The Kier molecular flexibility index (Phi) is 5.31.